The fraction of sp³-hybridized carbons (Fsp3) is 0.615. The Labute approximate surface area is 295 Å². The number of carbonyl (C=O) groups is 2. The average Bonchev–Trinajstić information content (AvgIpc) is 3.62. The van der Waals surface area contributed by atoms with Crippen molar-refractivity contribution in [1.29, 1.82) is 0 Å². The second-order valence-corrected chi connectivity index (χ2v) is 16.4. The molecule has 4 aliphatic carbocycles. The molecule has 0 atom stereocenters. The maximum Gasteiger partial charge on any atom is 0.410 e. The minimum atomic E-state index is -0.463. The smallest absolute Gasteiger partial charge is 0.410 e. The summed E-state index contributed by atoms with van der Waals surface area (Å²) in [6.07, 6.45) is 13.4. The Bertz CT molecular complexity index is 1690. The molecule has 3 heterocycles. The molecule has 2 aromatic heterocycles. The predicted octanol–water partition coefficient (Wildman–Crippen LogP) is 6.41. The van der Waals surface area contributed by atoms with Gasteiger partial charge in [0, 0.05) is 30.3 Å². The van der Waals surface area contributed by atoms with E-state index < -0.39 is 6.10 Å². The number of hydrogen-bond donors (Lipinski definition) is 1. The summed E-state index contributed by atoms with van der Waals surface area (Å²) in [5.74, 6) is 1.48. The molecular weight excluding hydrogens is 632 g/mol. The van der Waals surface area contributed by atoms with Gasteiger partial charge in [0.2, 0.25) is 5.91 Å². The molecule has 50 heavy (non-hydrogen) atoms. The molecule has 1 aliphatic heterocycles. The Hall–Kier alpha value is -3.99. The van der Waals surface area contributed by atoms with E-state index in [1.54, 1.807) is 13.4 Å². The second-order valence-electron chi connectivity index (χ2n) is 16.4. The molecular formula is C39H52N6O5. The van der Waals surface area contributed by atoms with Crippen molar-refractivity contribution in [2.24, 2.45) is 11.3 Å². The monoisotopic (exact) mass is 684 g/mol. The predicted molar refractivity (Wildman–Crippen MR) is 190 cm³/mol. The van der Waals surface area contributed by atoms with Gasteiger partial charge in [-0.3, -0.25) is 14.4 Å². The molecule has 0 radical (unpaired) electrons. The van der Waals surface area contributed by atoms with Crippen LogP contribution in [0.5, 0.6) is 5.75 Å². The first-order valence-corrected chi connectivity index (χ1v) is 18.3. The van der Waals surface area contributed by atoms with Gasteiger partial charge in [0.25, 0.3) is 0 Å². The molecule has 8 rings (SSSR count). The Morgan fingerprint density at radius 3 is 2.30 bits per heavy atom. The Kier molecular flexibility index (Phi) is 9.16. The van der Waals surface area contributed by atoms with Crippen LogP contribution >= 0.6 is 0 Å². The zero-order valence-corrected chi connectivity index (χ0v) is 30.2. The van der Waals surface area contributed by atoms with Gasteiger partial charge in [-0.1, -0.05) is 12.1 Å². The highest BCUT2D eigenvalue weighted by atomic mass is 16.6. The zero-order valence-electron chi connectivity index (χ0n) is 30.2. The van der Waals surface area contributed by atoms with Gasteiger partial charge in [0.05, 0.1) is 43.7 Å². The fourth-order valence-corrected chi connectivity index (χ4v) is 8.69. The molecule has 1 saturated heterocycles. The van der Waals surface area contributed by atoms with Gasteiger partial charge in [0.1, 0.15) is 24.0 Å². The van der Waals surface area contributed by atoms with Gasteiger partial charge >= 0.3 is 6.09 Å². The van der Waals surface area contributed by atoms with Crippen molar-refractivity contribution in [3.05, 3.63) is 54.1 Å². The zero-order chi connectivity index (χ0) is 35.3. The third-order valence-corrected chi connectivity index (χ3v) is 12.1. The van der Waals surface area contributed by atoms with Gasteiger partial charge in [-0.05, 0) is 120 Å². The van der Waals surface area contributed by atoms with Crippen molar-refractivity contribution < 1.29 is 24.2 Å². The molecule has 2 amide bonds. The molecule has 1 aromatic carbocycles. The molecule has 0 spiro atoms. The topological polar surface area (TPSA) is 123 Å². The lowest BCUT2D eigenvalue weighted by atomic mass is 9.51. The number of amides is 2. The van der Waals surface area contributed by atoms with Crippen molar-refractivity contribution in [1.82, 2.24) is 24.6 Å². The number of likely N-dealkylation sites (tertiary alicyclic amines) is 1. The van der Waals surface area contributed by atoms with E-state index >= 15 is 0 Å². The lowest BCUT2D eigenvalue weighted by Gasteiger charge is -2.55. The van der Waals surface area contributed by atoms with Crippen molar-refractivity contribution in [3.8, 4) is 17.0 Å². The van der Waals surface area contributed by atoms with E-state index in [4.69, 9.17) is 14.5 Å². The fourth-order valence-electron chi connectivity index (χ4n) is 8.69. The molecule has 3 aromatic rings. The normalized spacial score (nSPS) is 26.7. The number of aryl methyl sites for hydroxylation is 1. The molecule has 11 heteroatoms. The van der Waals surface area contributed by atoms with Crippen molar-refractivity contribution in [2.75, 3.05) is 31.6 Å². The van der Waals surface area contributed by atoms with E-state index in [0.29, 0.717) is 51.1 Å². The molecule has 5 aliphatic rings. The van der Waals surface area contributed by atoms with Crippen LogP contribution < -0.4 is 9.64 Å². The number of hydrogen-bond acceptors (Lipinski definition) is 8. The lowest BCUT2D eigenvalue weighted by Crippen LogP contribution is -2.54. The lowest BCUT2D eigenvalue weighted by molar-refractivity contribution is -0.124. The minimum absolute atomic E-state index is 0.0235. The number of rotatable bonds is 8. The van der Waals surface area contributed by atoms with Gasteiger partial charge < -0.3 is 19.5 Å². The number of aromatic nitrogens is 4. The number of anilines is 1. The van der Waals surface area contributed by atoms with E-state index in [1.807, 2.05) is 28.0 Å². The molecule has 2 bridgehead atoms. The summed E-state index contributed by atoms with van der Waals surface area (Å²) in [7, 11) is 1.73. The highest BCUT2D eigenvalue weighted by Crippen LogP contribution is 2.58. The first-order valence-electron chi connectivity index (χ1n) is 18.3. The van der Waals surface area contributed by atoms with Crippen LogP contribution in [-0.4, -0.2) is 80.7 Å². The van der Waals surface area contributed by atoms with Crippen LogP contribution in [0, 0.1) is 18.3 Å². The highest BCUT2D eigenvalue weighted by Gasteiger charge is 2.51. The van der Waals surface area contributed by atoms with Crippen LogP contribution in [0.15, 0.2) is 43.0 Å². The van der Waals surface area contributed by atoms with E-state index in [9.17, 15) is 14.7 Å². The second kappa shape index (κ2) is 13.3. The number of nitrogens with zero attached hydrogens (tertiary/aromatic N) is 6. The number of methoxy groups -OCH3 is 1. The van der Waals surface area contributed by atoms with Gasteiger partial charge in [-0.15, -0.1) is 0 Å². The number of β-amino-alcohol motifs (C(OH)–C–C–N with tert-alkyl or cyclic N) is 1. The van der Waals surface area contributed by atoms with Crippen LogP contribution in [0.4, 0.5) is 10.6 Å². The third kappa shape index (κ3) is 6.73. The molecule has 268 valence electrons. The maximum absolute atomic E-state index is 14.6. The van der Waals surface area contributed by atoms with E-state index in [-0.39, 0.29) is 40.4 Å². The number of fused-ring (bicyclic) bond motifs is 3. The van der Waals surface area contributed by atoms with Crippen molar-refractivity contribution in [3.63, 3.8) is 0 Å². The quantitative estimate of drug-likeness (QED) is 0.289. The van der Waals surface area contributed by atoms with E-state index in [2.05, 4.69) is 56.0 Å². The molecule has 4 saturated carbocycles. The maximum atomic E-state index is 14.6. The summed E-state index contributed by atoms with van der Waals surface area (Å²) >= 11 is 0. The van der Waals surface area contributed by atoms with Crippen molar-refractivity contribution >= 4 is 17.8 Å². The van der Waals surface area contributed by atoms with Crippen LogP contribution in [0.3, 0.4) is 0 Å². The molecule has 5 fully saturated rings. The van der Waals surface area contributed by atoms with Crippen LogP contribution in [0.2, 0.25) is 0 Å². The number of aliphatic hydroxyl groups excluding tert-OH is 1. The Balaban J connectivity index is 1.10. The summed E-state index contributed by atoms with van der Waals surface area (Å²) in [4.78, 5) is 39.9. The molecule has 1 N–H and O–H groups in total. The van der Waals surface area contributed by atoms with E-state index in [0.717, 1.165) is 55.5 Å². The number of aliphatic hydroxyl groups is 1. The molecule has 0 unspecified atom stereocenters. The highest BCUT2D eigenvalue weighted by molar-refractivity contribution is 5.94. The molecule has 11 nitrogen and oxygen atoms in total. The first kappa shape index (κ1) is 34.5. The number of carbonyl (C=O) groups excluding carboxylic acids is 2. The first-order chi connectivity index (χ1) is 23.9. The van der Waals surface area contributed by atoms with Crippen molar-refractivity contribution in [2.45, 2.75) is 115 Å². The van der Waals surface area contributed by atoms with Gasteiger partial charge in [-0.25, -0.2) is 14.8 Å². The average molecular weight is 685 g/mol. The number of benzene rings is 1. The standard InChI is InChI=1S/C39H52N6O5/c1-26-18-29(8-11-33(26)49-5)39-15-12-38(13-16-39,14-17-39)24-44(34-19-32(40-25-41-34)28-20-42-45(21-28)37(2,3)4)35(47)27-6-9-31(10-7-27)50-36(48)43-22-30(46)23-43/h8,11,18-21,25,27,30-31,46H,6-7,9-10,12-17,22-24H2,1-5H3/t27-,31-,38?,39?. The summed E-state index contributed by atoms with van der Waals surface area (Å²) < 4.78 is 13.2. The summed E-state index contributed by atoms with van der Waals surface area (Å²) in [6.45, 7) is 9.73. The SMILES string of the molecule is COc1ccc(C23CCC(CN(c4cc(-c5cnn(C(C)(C)C)c5)ncn4)C(=O)[C@H]4CC[C@H](OC(=O)N5CC(O)C5)CC4)(CC2)CC3)cc1C. The largest absolute Gasteiger partial charge is 0.496 e. The van der Waals surface area contributed by atoms with Crippen LogP contribution in [-0.2, 0) is 20.5 Å². The third-order valence-electron chi connectivity index (χ3n) is 12.1. The Morgan fingerprint density at radius 1 is 1.00 bits per heavy atom. The Morgan fingerprint density at radius 2 is 1.70 bits per heavy atom. The van der Waals surface area contributed by atoms with Crippen LogP contribution in [0.1, 0.15) is 96.1 Å². The minimum Gasteiger partial charge on any atom is -0.496 e. The van der Waals surface area contributed by atoms with Gasteiger partial charge in [-0.2, -0.15) is 5.10 Å². The van der Waals surface area contributed by atoms with Gasteiger partial charge in [0.15, 0.2) is 0 Å². The number of ether oxygens (including phenoxy) is 2. The van der Waals surface area contributed by atoms with E-state index in [1.165, 1.54) is 16.0 Å². The summed E-state index contributed by atoms with van der Waals surface area (Å²) in [5.41, 5.74) is 4.25. The summed E-state index contributed by atoms with van der Waals surface area (Å²) in [5, 5.41) is 14.2. The van der Waals surface area contributed by atoms with Crippen LogP contribution in [0.25, 0.3) is 11.3 Å². The summed E-state index contributed by atoms with van der Waals surface area (Å²) in [6, 6.07) is 8.63.